The lowest BCUT2D eigenvalue weighted by molar-refractivity contribution is -0.274. The molecule has 2 saturated heterocycles. The van der Waals surface area contributed by atoms with Crippen LogP contribution in [0.2, 0.25) is 0 Å². The van der Waals surface area contributed by atoms with E-state index in [0.29, 0.717) is 19.0 Å². The molecule has 186 valence electrons. The zero-order valence-corrected chi connectivity index (χ0v) is 19.6. The van der Waals surface area contributed by atoms with E-state index in [1.807, 2.05) is 45.0 Å². The predicted octanol–water partition coefficient (Wildman–Crippen LogP) is 5.55. The van der Waals surface area contributed by atoms with Crippen LogP contribution in [0, 0.1) is 0 Å². The van der Waals surface area contributed by atoms with Crippen LogP contribution in [-0.4, -0.2) is 50.2 Å². The van der Waals surface area contributed by atoms with Gasteiger partial charge in [0.25, 0.3) is 0 Å². The van der Waals surface area contributed by atoms with E-state index in [1.54, 1.807) is 0 Å². The van der Waals surface area contributed by atoms with E-state index in [9.17, 15) is 13.2 Å². The molecule has 0 aromatic heterocycles. The molecule has 2 aliphatic rings. The third-order valence-electron chi connectivity index (χ3n) is 5.77. The van der Waals surface area contributed by atoms with E-state index in [4.69, 9.17) is 18.9 Å². The lowest BCUT2D eigenvalue weighted by Crippen LogP contribution is -2.38. The van der Waals surface area contributed by atoms with Crippen molar-refractivity contribution >= 4 is 5.69 Å². The molecule has 6 nitrogen and oxygen atoms in total. The molecule has 9 heteroatoms. The van der Waals surface area contributed by atoms with Gasteiger partial charge in [0.05, 0.1) is 6.61 Å². The average Bonchev–Trinajstić information content (AvgIpc) is 3.07. The largest absolute Gasteiger partial charge is 0.573 e. The first-order chi connectivity index (χ1) is 16.0. The van der Waals surface area contributed by atoms with Crippen LogP contribution in [0.25, 0.3) is 0 Å². The number of anilines is 1. The molecule has 4 rings (SSSR count). The third kappa shape index (κ3) is 6.70. The highest BCUT2D eigenvalue weighted by Crippen LogP contribution is 2.32. The summed E-state index contributed by atoms with van der Waals surface area (Å²) in [6, 6.07) is 13.5. The Morgan fingerprint density at radius 3 is 2.06 bits per heavy atom. The lowest BCUT2D eigenvalue weighted by Gasteiger charge is -2.34. The first-order valence-corrected chi connectivity index (χ1v) is 11.3. The van der Waals surface area contributed by atoms with Gasteiger partial charge in [-0.1, -0.05) is 0 Å². The highest BCUT2D eigenvalue weighted by atomic mass is 19.4. The highest BCUT2D eigenvalue weighted by molar-refractivity contribution is 5.49. The second kappa shape index (κ2) is 9.54. The topological polar surface area (TPSA) is 49.4 Å². The quantitative estimate of drug-likeness (QED) is 0.517. The Morgan fingerprint density at radius 1 is 0.912 bits per heavy atom. The number of benzene rings is 2. The van der Waals surface area contributed by atoms with Gasteiger partial charge in [0.1, 0.15) is 35.6 Å². The monoisotopic (exact) mass is 481 g/mol. The van der Waals surface area contributed by atoms with Gasteiger partial charge in [0, 0.05) is 31.6 Å². The van der Waals surface area contributed by atoms with Crippen LogP contribution in [-0.2, 0) is 9.47 Å². The molecule has 1 unspecified atom stereocenters. The SMILES string of the molecule is CC1(COc2ccc(N3CCC(Oc4ccc(OC(F)(F)F)cc4)CC3)cc2)COC(C)(C)O1. The maximum Gasteiger partial charge on any atom is 0.573 e. The summed E-state index contributed by atoms with van der Waals surface area (Å²) in [4.78, 5) is 2.28. The molecule has 0 N–H and O–H groups in total. The Kier molecular flexibility index (Phi) is 6.87. The fourth-order valence-corrected chi connectivity index (χ4v) is 4.18. The number of halogens is 3. The van der Waals surface area contributed by atoms with Gasteiger partial charge >= 0.3 is 6.36 Å². The maximum absolute atomic E-state index is 12.3. The molecule has 0 radical (unpaired) electrons. The molecule has 34 heavy (non-hydrogen) atoms. The summed E-state index contributed by atoms with van der Waals surface area (Å²) >= 11 is 0. The zero-order chi connectivity index (χ0) is 24.4. The van der Waals surface area contributed by atoms with Gasteiger partial charge in [-0.3, -0.25) is 0 Å². The lowest BCUT2D eigenvalue weighted by atomic mass is 10.1. The van der Waals surface area contributed by atoms with E-state index in [2.05, 4.69) is 9.64 Å². The van der Waals surface area contributed by atoms with Crippen LogP contribution in [0.5, 0.6) is 17.2 Å². The Labute approximate surface area is 197 Å². The Balaban J connectivity index is 1.23. The van der Waals surface area contributed by atoms with Gasteiger partial charge in [-0.05, 0) is 69.3 Å². The summed E-state index contributed by atoms with van der Waals surface area (Å²) in [5, 5.41) is 0. The van der Waals surface area contributed by atoms with Crippen LogP contribution >= 0.6 is 0 Å². The molecule has 0 aliphatic carbocycles. The molecular formula is C25H30F3NO5. The molecule has 1 atom stereocenters. The number of ether oxygens (including phenoxy) is 5. The number of rotatable bonds is 7. The molecule has 2 heterocycles. The summed E-state index contributed by atoms with van der Waals surface area (Å²) in [6.45, 7) is 8.29. The van der Waals surface area contributed by atoms with Crippen molar-refractivity contribution in [3.63, 3.8) is 0 Å². The molecule has 2 aromatic carbocycles. The van der Waals surface area contributed by atoms with Crippen molar-refractivity contribution in [1.82, 2.24) is 0 Å². The summed E-state index contributed by atoms with van der Waals surface area (Å²) in [5.41, 5.74) is 0.627. The normalized spacial score (nSPS) is 23.1. The van der Waals surface area contributed by atoms with Crippen LogP contribution in [0.1, 0.15) is 33.6 Å². The van der Waals surface area contributed by atoms with Gasteiger partial charge < -0.3 is 28.6 Å². The Morgan fingerprint density at radius 2 is 1.50 bits per heavy atom. The first-order valence-electron chi connectivity index (χ1n) is 11.3. The number of alkyl halides is 3. The Bertz CT molecular complexity index is 941. The van der Waals surface area contributed by atoms with Crippen LogP contribution in [0.3, 0.4) is 0 Å². The zero-order valence-electron chi connectivity index (χ0n) is 19.6. The minimum atomic E-state index is -4.70. The van der Waals surface area contributed by atoms with Crippen molar-refractivity contribution in [3.05, 3.63) is 48.5 Å². The van der Waals surface area contributed by atoms with E-state index in [1.165, 1.54) is 24.3 Å². The predicted molar refractivity (Wildman–Crippen MR) is 120 cm³/mol. The molecule has 2 aromatic rings. The second-order valence-corrected chi connectivity index (χ2v) is 9.35. The van der Waals surface area contributed by atoms with E-state index >= 15 is 0 Å². The van der Waals surface area contributed by atoms with Crippen molar-refractivity contribution in [2.45, 2.75) is 57.5 Å². The summed E-state index contributed by atoms with van der Waals surface area (Å²) in [5.74, 6) is 0.449. The van der Waals surface area contributed by atoms with Gasteiger partial charge in [-0.15, -0.1) is 13.2 Å². The number of hydrogen-bond acceptors (Lipinski definition) is 6. The van der Waals surface area contributed by atoms with Crippen molar-refractivity contribution in [2.24, 2.45) is 0 Å². The van der Waals surface area contributed by atoms with E-state index in [0.717, 1.165) is 37.4 Å². The van der Waals surface area contributed by atoms with Crippen LogP contribution in [0.15, 0.2) is 48.5 Å². The first kappa shape index (κ1) is 24.5. The molecule has 0 bridgehead atoms. The number of piperidine rings is 1. The number of nitrogens with zero attached hydrogens (tertiary/aromatic N) is 1. The average molecular weight is 482 g/mol. The summed E-state index contributed by atoms with van der Waals surface area (Å²) in [7, 11) is 0. The van der Waals surface area contributed by atoms with Gasteiger partial charge in [-0.25, -0.2) is 0 Å². The minimum Gasteiger partial charge on any atom is -0.490 e. The smallest absolute Gasteiger partial charge is 0.490 e. The van der Waals surface area contributed by atoms with Crippen molar-refractivity contribution < 1.29 is 36.9 Å². The molecule has 0 saturated carbocycles. The molecule has 2 fully saturated rings. The van der Waals surface area contributed by atoms with Crippen molar-refractivity contribution in [2.75, 3.05) is 31.2 Å². The fourth-order valence-electron chi connectivity index (χ4n) is 4.18. The highest BCUT2D eigenvalue weighted by Gasteiger charge is 2.42. The van der Waals surface area contributed by atoms with E-state index in [-0.39, 0.29) is 11.9 Å². The molecule has 0 spiro atoms. The minimum absolute atomic E-state index is 0.00636. The second-order valence-electron chi connectivity index (χ2n) is 9.35. The van der Waals surface area contributed by atoms with E-state index < -0.39 is 17.8 Å². The fraction of sp³-hybridized carbons (Fsp3) is 0.520. The number of hydrogen-bond donors (Lipinski definition) is 0. The standard InChI is InChI=1S/C25H30F3NO5/c1-23(2)31-17-24(3,34-23)16-30-19-6-4-18(5-7-19)29-14-12-21(13-15-29)32-20-8-10-22(11-9-20)33-25(26,27)28/h4-11,21H,12-17H2,1-3H3. The summed E-state index contributed by atoms with van der Waals surface area (Å²) < 4.78 is 64.2. The third-order valence-corrected chi connectivity index (χ3v) is 5.77. The van der Waals surface area contributed by atoms with Crippen LogP contribution < -0.4 is 19.1 Å². The van der Waals surface area contributed by atoms with Crippen LogP contribution in [0.4, 0.5) is 18.9 Å². The molecule has 2 aliphatic heterocycles. The van der Waals surface area contributed by atoms with Gasteiger partial charge in [0.15, 0.2) is 5.79 Å². The van der Waals surface area contributed by atoms with Crippen molar-refractivity contribution in [3.8, 4) is 17.2 Å². The summed E-state index contributed by atoms with van der Waals surface area (Å²) in [6.07, 6.45) is -3.07. The molecule has 0 amide bonds. The van der Waals surface area contributed by atoms with Gasteiger partial charge in [-0.2, -0.15) is 0 Å². The maximum atomic E-state index is 12.3. The Hall–Kier alpha value is -2.65. The van der Waals surface area contributed by atoms with Crippen molar-refractivity contribution in [1.29, 1.82) is 0 Å². The van der Waals surface area contributed by atoms with Gasteiger partial charge in [0.2, 0.25) is 0 Å². The molecular weight excluding hydrogens is 451 g/mol.